The van der Waals surface area contributed by atoms with E-state index >= 15 is 0 Å². The van der Waals surface area contributed by atoms with Crippen molar-refractivity contribution < 1.29 is 14.3 Å². The van der Waals surface area contributed by atoms with E-state index in [0.717, 1.165) is 45.7 Å². The fourth-order valence-electron chi connectivity index (χ4n) is 4.29. The average Bonchev–Trinajstić information content (AvgIpc) is 2.98. The Hall–Kier alpha value is -2.07. The second-order valence-electron chi connectivity index (χ2n) is 9.19. The van der Waals surface area contributed by atoms with Crippen molar-refractivity contribution in [3.63, 3.8) is 0 Å². The van der Waals surface area contributed by atoms with Gasteiger partial charge in [-0.15, -0.1) is 11.8 Å². The lowest BCUT2D eigenvalue weighted by atomic mass is 9.96. The van der Waals surface area contributed by atoms with Gasteiger partial charge in [0.15, 0.2) is 5.78 Å². The molecular weight excluding hydrogens is 428 g/mol. The van der Waals surface area contributed by atoms with Crippen LogP contribution in [0.2, 0.25) is 0 Å². The van der Waals surface area contributed by atoms with Crippen molar-refractivity contribution in [3.8, 4) is 0 Å². The van der Waals surface area contributed by atoms with E-state index in [0.29, 0.717) is 13.0 Å². The van der Waals surface area contributed by atoms with E-state index in [1.54, 1.807) is 11.8 Å². The Bertz CT molecular complexity index is 921. The zero-order valence-corrected chi connectivity index (χ0v) is 21.1. The van der Waals surface area contributed by atoms with Crippen molar-refractivity contribution in [1.29, 1.82) is 0 Å². The smallest absolute Gasteiger partial charge is 0.305 e. The van der Waals surface area contributed by atoms with Crippen molar-refractivity contribution in [2.24, 2.45) is 0 Å². The van der Waals surface area contributed by atoms with Gasteiger partial charge >= 0.3 is 5.97 Å². The molecule has 0 N–H and O–H groups in total. The fraction of sp³-hybridized carbons (Fsp3) is 0.517. The van der Waals surface area contributed by atoms with Crippen molar-refractivity contribution in [2.45, 2.75) is 94.6 Å². The predicted octanol–water partition coefficient (Wildman–Crippen LogP) is 8.09. The Morgan fingerprint density at radius 1 is 0.939 bits per heavy atom. The monoisotopic (exact) mass is 466 g/mol. The van der Waals surface area contributed by atoms with Crippen LogP contribution in [-0.4, -0.2) is 18.4 Å². The van der Waals surface area contributed by atoms with E-state index in [9.17, 15) is 9.59 Å². The molecular formula is C29H38O3S. The van der Waals surface area contributed by atoms with Crippen LogP contribution in [0, 0.1) is 0 Å². The summed E-state index contributed by atoms with van der Waals surface area (Å²) in [7, 11) is 0. The molecule has 0 spiro atoms. The first-order valence-corrected chi connectivity index (χ1v) is 13.6. The summed E-state index contributed by atoms with van der Waals surface area (Å²) in [6.45, 7) is 4.70. The number of rotatable bonds is 13. The van der Waals surface area contributed by atoms with Gasteiger partial charge in [-0.3, -0.25) is 9.59 Å². The molecule has 1 atom stereocenters. The second kappa shape index (κ2) is 13.6. The summed E-state index contributed by atoms with van der Waals surface area (Å²) in [5.41, 5.74) is 3.76. The lowest BCUT2D eigenvalue weighted by Gasteiger charge is -2.15. The highest BCUT2D eigenvalue weighted by molar-refractivity contribution is 7.98. The highest BCUT2D eigenvalue weighted by atomic mass is 32.2. The minimum absolute atomic E-state index is 0.0946. The van der Waals surface area contributed by atoms with Gasteiger partial charge in [-0.25, -0.2) is 0 Å². The van der Waals surface area contributed by atoms with E-state index < -0.39 is 0 Å². The topological polar surface area (TPSA) is 43.4 Å². The van der Waals surface area contributed by atoms with Gasteiger partial charge in [0.2, 0.25) is 0 Å². The van der Waals surface area contributed by atoms with E-state index in [1.807, 2.05) is 36.4 Å². The van der Waals surface area contributed by atoms with E-state index in [2.05, 4.69) is 19.9 Å². The first kappa shape index (κ1) is 25.6. The summed E-state index contributed by atoms with van der Waals surface area (Å²) >= 11 is 1.71. The predicted molar refractivity (Wildman–Crippen MR) is 137 cm³/mol. The highest BCUT2D eigenvalue weighted by Crippen LogP contribution is 2.35. The molecule has 1 unspecified atom stereocenters. The molecule has 1 heterocycles. The summed E-state index contributed by atoms with van der Waals surface area (Å²) in [5, 5.41) is 0. The fourth-order valence-corrected chi connectivity index (χ4v) is 5.39. The van der Waals surface area contributed by atoms with Crippen LogP contribution >= 0.6 is 11.8 Å². The number of ketones is 1. The molecule has 0 bridgehead atoms. The summed E-state index contributed by atoms with van der Waals surface area (Å²) in [5.74, 6) is 0.890. The molecule has 0 aromatic heterocycles. The lowest BCUT2D eigenvalue weighted by Crippen LogP contribution is -2.11. The molecule has 0 radical (unpaired) electrons. The Morgan fingerprint density at radius 2 is 1.64 bits per heavy atom. The van der Waals surface area contributed by atoms with Gasteiger partial charge in [-0.2, -0.15) is 0 Å². The molecule has 2 aromatic carbocycles. The maximum Gasteiger partial charge on any atom is 0.305 e. The van der Waals surface area contributed by atoms with Gasteiger partial charge in [0.25, 0.3) is 0 Å². The first-order chi connectivity index (χ1) is 16.1. The summed E-state index contributed by atoms with van der Waals surface area (Å²) in [4.78, 5) is 26.1. The van der Waals surface area contributed by atoms with Crippen molar-refractivity contribution in [1.82, 2.24) is 0 Å². The maximum absolute atomic E-state index is 13.0. The van der Waals surface area contributed by atoms with Gasteiger partial charge in [0.05, 0.1) is 6.61 Å². The van der Waals surface area contributed by atoms with Crippen molar-refractivity contribution >= 4 is 23.5 Å². The number of benzene rings is 2. The summed E-state index contributed by atoms with van der Waals surface area (Å²) in [6.07, 6.45) is 11.7. The van der Waals surface area contributed by atoms with Crippen LogP contribution in [0.1, 0.15) is 111 Å². The van der Waals surface area contributed by atoms with Gasteiger partial charge in [0.1, 0.15) is 0 Å². The zero-order valence-electron chi connectivity index (χ0n) is 20.2. The molecule has 0 fully saturated rings. The molecule has 0 amide bonds. The normalized spacial score (nSPS) is 13.7. The maximum atomic E-state index is 13.0. The Kier molecular flexibility index (Phi) is 10.5. The van der Waals surface area contributed by atoms with Crippen LogP contribution in [0.5, 0.6) is 0 Å². The molecule has 0 saturated carbocycles. The third-order valence-electron chi connectivity index (χ3n) is 6.44. The quantitative estimate of drug-likeness (QED) is 0.221. The molecule has 33 heavy (non-hydrogen) atoms. The number of ether oxygens (including phenoxy) is 1. The number of carbonyl (C=O) groups excluding carboxylic acids is 2. The van der Waals surface area contributed by atoms with Gasteiger partial charge in [0, 0.05) is 34.1 Å². The molecule has 0 saturated heterocycles. The standard InChI is InChI=1S/C29H38O3S/c1-3-4-5-6-7-8-9-10-11-16-28(30)32-20-22(2)23-17-18-26-27(19-23)33-21-24-14-12-13-15-25(24)29(26)31/h12-15,17-19,22H,3-11,16,20-21H2,1-2H3. The minimum atomic E-state index is -0.0976. The van der Waals surface area contributed by atoms with E-state index in [4.69, 9.17) is 4.74 Å². The molecule has 1 aliphatic heterocycles. The zero-order chi connectivity index (χ0) is 23.5. The number of hydrogen-bond acceptors (Lipinski definition) is 4. The first-order valence-electron chi connectivity index (χ1n) is 12.6. The van der Waals surface area contributed by atoms with E-state index in [1.165, 1.54) is 44.9 Å². The Labute approximate surface area is 203 Å². The number of fused-ring (bicyclic) bond motifs is 2. The van der Waals surface area contributed by atoms with Gasteiger partial charge < -0.3 is 4.74 Å². The Balaban J connectivity index is 1.40. The minimum Gasteiger partial charge on any atom is -0.465 e. The lowest BCUT2D eigenvalue weighted by molar-refractivity contribution is -0.144. The van der Waals surface area contributed by atoms with Crippen molar-refractivity contribution in [2.75, 3.05) is 6.61 Å². The molecule has 0 aliphatic carbocycles. The third-order valence-corrected chi connectivity index (χ3v) is 7.55. The van der Waals surface area contributed by atoms with Crippen LogP contribution in [0.15, 0.2) is 47.4 Å². The van der Waals surface area contributed by atoms with Crippen LogP contribution in [0.25, 0.3) is 0 Å². The summed E-state index contributed by atoms with van der Waals surface area (Å²) in [6, 6.07) is 13.9. The number of thioether (sulfide) groups is 1. The Morgan fingerprint density at radius 3 is 2.39 bits per heavy atom. The molecule has 2 aromatic rings. The molecule has 3 rings (SSSR count). The number of esters is 1. The largest absolute Gasteiger partial charge is 0.465 e. The molecule has 3 nitrogen and oxygen atoms in total. The summed E-state index contributed by atoms with van der Waals surface area (Å²) < 4.78 is 5.56. The van der Waals surface area contributed by atoms with Crippen LogP contribution in [0.3, 0.4) is 0 Å². The average molecular weight is 467 g/mol. The molecule has 178 valence electrons. The van der Waals surface area contributed by atoms with Crippen LogP contribution < -0.4 is 0 Å². The molecule has 4 heteroatoms. The molecule has 1 aliphatic rings. The third kappa shape index (κ3) is 7.74. The van der Waals surface area contributed by atoms with Crippen LogP contribution in [-0.2, 0) is 15.3 Å². The van der Waals surface area contributed by atoms with Gasteiger partial charge in [-0.05, 0) is 29.7 Å². The number of hydrogen-bond donors (Lipinski definition) is 0. The number of carbonyl (C=O) groups is 2. The van der Waals surface area contributed by atoms with Crippen LogP contribution in [0.4, 0.5) is 0 Å². The second-order valence-corrected chi connectivity index (χ2v) is 10.2. The van der Waals surface area contributed by atoms with E-state index in [-0.39, 0.29) is 17.7 Å². The van der Waals surface area contributed by atoms with Crippen molar-refractivity contribution in [3.05, 3.63) is 64.7 Å². The van der Waals surface area contributed by atoms with Gasteiger partial charge in [-0.1, -0.05) is 95.5 Å². The number of unbranched alkanes of at least 4 members (excludes halogenated alkanes) is 8. The SMILES string of the molecule is CCCCCCCCCCCC(=O)OCC(C)c1ccc2c(c1)SCc1ccccc1C2=O. The highest BCUT2D eigenvalue weighted by Gasteiger charge is 2.22.